The van der Waals surface area contributed by atoms with Crippen LogP contribution in [0.2, 0.25) is 0 Å². The summed E-state index contributed by atoms with van der Waals surface area (Å²) in [6, 6.07) is 15.4. The van der Waals surface area contributed by atoms with E-state index in [9.17, 15) is 18.0 Å². The third-order valence-electron chi connectivity index (χ3n) is 4.27. The molecule has 0 atom stereocenters. The molecule has 0 aromatic heterocycles. The van der Waals surface area contributed by atoms with Crippen molar-refractivity contribution in [2.75, 3.05) is 33.9 Å². The summed E-state index contributed by atoms with van der Waals surface area (Å²) in [4.78, 5) is 25.9. The molecule has 8 heteroatoms. The van der Waals surface area contributed by atoms with E-state index in [0.29, 0.717) is 24.3 Å². The van der Waals surface area contributed by atoms with Gasteiger partial charge in [-0.2, -0.15) is 0 Å². The van der Waals surface area contributed by atoms with Crippen LogP contribution in [-0.4, -0.2) is 39.6 Å². The molecule has 2 aromatic carbocycles. The molecule has 3 rings (SSSR count). The first kappa shape index (κ1) is 18.9. The molecule has 142 valence electrons. The number of para-hydroxylation sites is 1. The minimum absolute atomic E-state index is 0.0958. The lowest BCUT2D eigenvalue weighted by Gasteiger charge is -2.22. The molecule has 27 heavy (non-hydrogen) atoms. The second kappa shape index (κ2) is 7.79. The number of carbonyl (C=O) groups is 2. The van der Waals surface area contributed by atoms with E-state index in [-0.39, 0.29) is 12.5 Å². The van der Waals surface area contributed by atoms with Gasteiger partial charge in [-0.1, -0.05) is 18.2 Å². The van der Waals surface area contributed by atoms with Crippen LogP contribution in [0.15, 0.2) is 54.6 Å². The Hall–Kier alpha value is -2.87. The third-order valence-corrected chi connectivity index (χ3v) is 5.41. The second-order valence-corrected chi connectivity index (χ2v) is 8.26. The van der Waals surface area contributed by atoms with Crippen LogP contribution in [-0.2, 0) is 19.6 Å². The predicted molar refractivity (Wildman–Crippen MR) is 105 cm³/mol. The van der Waals surface area contributed by atoms with Gasteiger partial charge < -0.3 is 10.2 Å². The van der Waals surface area contributed by atoms with Gasteiger partial charge in [-0.15, -0.1) is 0 Å². The highest BCUT2D eigenvalue weighted by Gasteiger charge is 2.22. The Kier molecular flexibility index (Phi) is 5.46. The Bertz CT molecular complexity index is 927. The number of anilines is 3. The number of nitrogens with one attached hydrogen (secondary N) is 1. The van der Waals surface area contributed by atoms with Crippen molar-refractivity contribution in [3.05, 3.63) is 54.6 Å². The zero-order valence-corrected chi connectivity index (χ0v) is 15.8. The summed E-state index contributed by atoms with van der Waals surface area (Å²) in [5.41, 5.74) is 1.76. The summed E-state index contributed by atoms with van der Waals surface area (Å²) in [5, 5.41) is 2.69. The topological polar surface area (TPSA) is 86.8 Å². The molecule has 1 N–H and O–H groups in total. The Balaban J connectivity index is 1.68. The van der Waals surface area contributed by atoms with Crippen molar-refractivity contribution in [3.8, 4) is 0 Å². The summed E-state index contributed by atoms with van der Waals surface area (Å²) >= 11 is 0. The fourth-order valence-corrected chi connectivity index (χ4v) is 3.83. The molecule has 2 amide bonds. The number of sulfonamides is 1. The van der Waals surface area contributed by atoms with Crippen molar-refractivity contribution in [2.45, 2.75) is 12.8 Å². The van der Waals surface area contributed by atoms with Crippen LogP contribution >= 0.6 is 0 Å². The standard InChI is InChI=1S/C19H21N3O4S/c1-27(25,26)22(17-6-3-2-4-7-17)14-18(23)20-15-9-11-16(12-10-15)21-13-5-8-19(21)24/h2-4,6-7,9-12H,5,8,13-14H2,1H3,(H,20,23). The van der Waals surface area contributed by atoms with Gasteiger partial charge >= 0.3 is 0 Å². The highest BCUT2D eigenvalue weighted by atomic mass is 32.2. The van der Waals surface area contributed by atoms with E-state index in [1.54, 1.807) is 59.5 Å². The lowest BCUT2D eigenvalue weighted by molar-refractivity contribution is -0.117. The maximum Gasteiger partial charge on any atom is 0.245 e. The molecule has 0 saturated carbocycles. The Morgan fingerprint density at radius 1 is 1.11 bits per heavy atom. The number of nitrogens with zero attached hydrogens (tertiary/aromatic N) is 2. The van der Waals surface area contributed by atoms with Crippen LogP contribution in [0.1, 0.15) is 12.8 Å². The number of hydrogen-bond donors (Lipinski definition) is 1. The van der Waals surface area contributed by atoms with Crippen molar-refractivity contribution in [1.29, 1.82) is 0 Å². The van der Waals surface area contributed by atoms with Crippen LogP contribution in [0.5, 0.6) is 0 Å². The van der Waals surface area contributed by atoms with Gasteiger partial charge in [-0.3, -0.25) is 13.9 Å². The van der Waals surface area contributed by atoms with Gasteiger partial charge in [0.25, 0.3) is 0 Å². The first-order chi connectivity index (χ1) is 12.8. The Labute approximate surface area is 158 Å². The molecule has 1 heterocycles. The van der Waals surface area contributed by atoms with E-state index in [1.807, 2.05) is 0 Å². The maximum absolute atomic E-state index is 12.4. The molecule has 0 bridgehead atoms. The molecule has 1 fully saturated rings. The Morgan fingerprint density at radius 2 is 1.78 bits per heavy atom. The zero-order valence-electron chi connectivity index (χ0n) is 15.0. The average Bonchev–Trinajstić information content (AvgIpc) is 3.06. The minimum atomic E-state index is -3.60. The summed E-state index contributed by atoms with van der Waals surface area (Å²) in [6.45, 7) is 0.375. The fourth-order valence-electron chi connectivity index (χ4n) is 2.97. The van der Waals surface area contributed by atoms with E-state index in [4.69, 9.17) is 0 Å². The number of benzene rings is 2. The van der Waals surface area contributed by atoms with Gasteiger partial charge in [0.1, 0.15) is 6.54 Å². The van der Waals surface area contributed by atoms with Crippen molar-refractivity contribution < 1.29 is 18.0 Å². The molecule has 1 aliphatic rings. The Morgan fingerprint density at radius 3 is 2.33 bits per heavy atom. The summed E-state index contributed by atoms with van der Waals surface area (Å²) in [7, 11) is -3.60. The SMILES string of the molecule is CS(=O)(=O)N(CC(=O)Nc1ccc(N2CCCC2=O)cc1)c1ccccc1. The number of hydrogen-bond acceptors (Lipinski definition) is 4. The fraction of sp³-hybridized carbons (Fsp3) is 0.263. The van der Waals surface area contributed by atoms with Crippen molar-refractivity contribution >= 4 is 38.9 Å². The van der Waals surface area contributed by atoms with Crippen LogP contribution < -0.4 is 14.5 Å². The van der Waals surface area contributed by atoms with E-state index in [0.717, 1.165) is 22.7 Å². The molecule has 0 aliphatic carbocycles. The maximum atomic E-state index is 12.4. The molecule has 0 spiro atoms. The highest BCUT2D eigenvalue weighted by Crippen LogP contribution is 2.23. The van der Waals surface area contributed by atoms with Crippen molar-refractivity contribution in [1.82, 2.24) is 0 Å². The molecule has 2 aromatic rings. The largest absolute Gasteiger partial charge is 0.325 e. The number of amides is 2. The van der Waals surface area contributed by atoms with E-state index in [1.165, 1.54) is 0 Å². The van der Waals surface area contributed by atoms with E-state index in [2.05, 4.69) is 5.32 Å². The lowest BCUT2D eigenvalue weighted by atomic mass is 10.2. The van der Waals surface area contributed by atoms with Crippen LogP contribution in [0.4, 0.5) is 17.1 Å². The average molecular weight is 387 g/mol. The minimum Gasteiger partial charge on any atom is -0.325 e. The summed E-state index contributed by atoms with van der Waals surface area (Å²) in [6.07, 6.45) is 2.46. The van der Waals surface area contributed by atoms with E-state index >= 15 is 0 Å². The molecule has 1 aliphatic heterocycles. The summed E-state index contributed by atoms with van der Waals surface area (Å²) in [5.74, 6) is -0.354. The normalized spacial score (nSPS) is 14.3. The van der Waals surface area contributed by atoms with Crippen LogP contribution in [0.3, 0.4) is 0 Å². The molecule has 7 nitrogen and oxygen atoms in total. The smallest absolute Gasteiger partial charge is 0.245 e. The zero-order chi connectivity index (χ0) is 19.4. The summed E-state index contributed by atoms with van der Waals surface area (Å²) < 4.78 is 25.2. The molecular weight excluding hydrogens is 366 g/mol. The van der Waals surface area contributed by atoms with Crippen molar-refractivity contribution in [3.63, 3.8) is 0 Å². The van der Waals surface area contributed by atoms with Gasteiger partial charge in [-0.05, 0) is 42.8 Å². The first-order valence-electron chi connectivity index (χ1n) is 8.57. The monoisotopic (exact) mass is 387 g/mol. The first-order valence-corrected chi connectivity index (χ1v) is 10.4. The van der Waals surface area contributed by atoms with Gasteiger partial charge in [0, 0.05) is 24.3 Å². The van der Waals surface area contributed by atoms with E-state index < -0.39 is 15.9 Å². The molecular formula is C19H21N3O4S. The van der Waals surface area contributed by atoms with Gasteiger partial charge in [0.2, 0.25) is 21.8 Å². The second-order valence-electron chi connectivity index (χ2n) is 6.35. The van der Waals surface area contributed by atoms with Crippen LogP contribution in [0.25, 0.3) is 0 Å². The third kappa shape index (κ3) is 4.65. The van der Waals surface area contributed by atoms with Gasteiger partial charge in [0.15, 0.2) is 0 Å². The highest BCUT2D eigenvalue weighted by molar-refractivity contribution is 7.92. The lowest BCUT2D eigenvalue weighted by Crippen LogP contribution is -2.37. The molecule has 0 unspecified atom stereocenters. The number of carbonyl (C=O) groups excluding carboxylic acids is 2. The predicted octanol–water partition coefficient (Wildman–Crippen LogP) is 2.22. The van der Waals surface area contributed by atoms with Crippen LogP contribution in [0, 0.1) is 0 Å². The molecule has 1 saturated heterocycles. The van der Waals surface area contributed by atoms with Gasteiger partial charge in [0.05, 0.1) is 11.9 Å². The molecule has 0 radical (unpaired) electrons. The van der Waals surface area contributed by atoms with Crippen molar-refractivity contribution in [2.24, 2.45) is 0 Å². The number of rotatable bonds is 6. The quantitative estimate of drug-likeness (QED) is 0.823. The van der Waals surface area contributed by atoms with Gasteiger partial charge in [-0.25, -0.2) is 8.42 Å².